The number of hydrogen-bond acceptors (Lipinski definition) is 6. The summed E-state index contributed by atoms with van der Waals surface area (Å²) in [4.78, 5) is 30.3. The van der Waals surface area contributed by atoms with Crippen LogP contribution in [0.4, 0.5) is 5.82 Å². The lowest BCUT2D eigenvalue weighted by molar-refractivity contribution is -0.236. The zero-order valence-corrected chi connectivity index (χ0v) is 39.7. The minimum absolute atomic E-state index is 0.280. The fraction of sp³-hybridized carbons (Fsp3) is 0.0952. The number of anilines is 1. The first-order valence-electron chi connectivity index (χ1n) is 24.6. The molecule has 4 unspecified atom stereocenters. The van der Waals surface area contributed by atoms with Gasteiger partial charge in [0.1, 0.15) is 22.3 Å². The molecule has 0 amide bonds. The number of fused-ring (bicyclic) bond motifs is 5. The summed E-state index contributed by atoms with van der Waals surface area (Å²) in [6, 6.07) is 68.1. The number of imidazole rings is 1. The van der Waals surface area contributed by atoms with Crippen LogP contribution in [0.25, 0.3) is 53.9 Å². The number of rotatable bonds is 8. The second kappa shape index (κ2) is 15.7. The lowest BCUT2D eigenvalue weighted by Gasteiger charge is -2.66. The standard InChI is InChI=1S/C63H45N7OS/c1-2-15-43-38-51-44(37-42(43)14-1)18-9-22-49(51)58-61(53-39-45-19-7-16-41-17-8-23-50(53)57(41)45,52-24-10-21-47-46-20-4-3-13-40(46)28-29-48(47)52)71-63(54-25-11-31-64-54,55-26-12-32-65-55)62(59-67-33-34-68-59,60-69-35-36-72-60)70(58)56-27-5-6-30-66-56/h1-38,53,58,64-65H,39H2,(H,67,68). The van der Waals surface area contributed by atoms with Gasteiger partial charge in [-0.1, -0.05) is 140 Å². The quantitative estimate of drug-likeness (QED) is 0.104. The van der Waals surface area contributed by atoms with E-state index in [0.717, 1.165) is 60.3 Å². The van der Waals surface area contributed by atoms with E-state index in [9.17, 15) is 4.74 Å². The molecule has 72 heavy (non-hydrogen) atoms. The zero-order valence-electron chi connectivity index (χ0n) is 38.9. The van der Waals surface area contributed by atoms with Crippen molar-refractivity contribution in [3.63, 3.8) is 0 Å². The number of thiazole rings is 1. The summed E-state index contributed by atoms with van der Waals surface area (Å²) < 4.78 is 9.30. The van der Waals surface area contributed by atoms with Gasteiger partial charge in [0.05, 0.1) is 17.4 Å². The normalized spacial score (nSPS) is 20.6. The number of ether oxygens (including phenoxy) is 1. The number of H-pyrrole nitrogens is 3. The highest BCUT2D eigenvalue weighted by atomic mass is 32.1. The van der Waals surface area contributed by atoms with E-state index < -0.39 is 22.8 Å². The van der Waals surface area contributed by atoms with Crippen molar-refractivity contribution in [2.75, 3.05) is 4.90 Å². The summed E-state index contributed by atoms with van der Waals surface area (Å²) in [6.45, 7) is 0. The van der Waals surface area contributed by atoms with E-state index in [4.69, 9.17) is 15.0 Å². The van der Waals surface area contributed by atoms with Gasteiger partial charge in [-0.15, -0.1) is 11.3 Å². The Bertz CT molecular complexity index is 4080. The van der Waals surface area contributed by atoms with Crippen LogP contribution in [0.1, 0.15) is 56.4 Å². The Morgan fingerprint density at radius 1 is 0.514 bits per heavy atom. The van der Waals surface area contributed by atoms with Gasteiger partial charge in [0.2, 0.25) is 0 Å². The fourth-order valence-corrected chi connectivity index (χ4v) is 14.1. The van der Waals surface area contributed by atoms with Crippen molar-refractivity contribution in [3.8, 4) is 0 Å². The maximum absolute atomic E-state index is 9.30. The Morgan fingerprint density at radius 2 is 1.24 bits per heavy atom. The van der Waals surface area contributed by atoms with E-state index in [1.165, 1.54) is 38.1 Å². The molecule has 4 atom stereocenters. The first-order valence-corrected chi connectivity index (χ1v) is 25.5. The van der Waals surface area contributed by atoms with Gasteiger partial charge in [-0.3, -0.25) is 0 Å². The summed E-state index contributed by atoms with van der Waals surface area (Å²) >= 11 is 1.59. The van der Waals surface area contributed by atoms with Crippen molar-refractivity contribution < 1.29 is 4.74 Å². The molecule has 344 valence electrons. The van der Waals surface area contributed by atoms with E-state index in [2.05, 4.69) is 207 Å². The van der Waals surface area contributed by atoms with Crippen LogP contribution >= 0.6 is 11.3 Å². The van der Waals surface area contributed by atoms with Crippen molar-refractivity contribution in [2.24, 2.45) is 0 Å². The van der Waals surface area contributed by atoms with Crippen LogP contribution in [0.3, 0.4) is 0 Å². The molecule has 9 heteroatoms. The molecule has 13 aromatic rings. The highest BCUT2D eigenvalue weighted by Crippen LogP contribution is 2.71. The molecule has 3 N–H and O–H groups in total. The number of pyridine rings is 1. The van der Waals surface area contributed by atoms with Crippen LogP contribution in [0.5, 0.6) is 0 Å². The number of nitrogens with zero attached hydrogens (tertiary/aromatic N) is 4. The molecule has 0 bridgehead atoms. The molecule has 1 aliphatic carbocycles. The molecule has 6 heterocycles. The number of hydrogen-bond donors (Lipinski definition) is 3. The zero-order chi connectivity index (χ0) is 47.4. The molecule has 5 aromatic heterocycles. The molecule has 0 radical (unpaired) electrons. The maximum Gasteiger partial charge on any atom is 0.193 e. The van der Waals surface area contributed by atoms with Crippen LogP contribution in [0.15, 0.2) is 231 Å². The molecule has 1 fully saturated rings. The Hall–Kier alpha value is -8.63. The van der Waals surface area contributed by atoms with Crippen molar-refractivity contribution in [1.82, 2.24) is 29.9 Å². The summed E-state index contributed by atoms with van der Waals surface area (Å²) in [5.74, 6) is 1.11. The third-order valence-electron chi connectivity index (χ3n) is 15.9. The average Bonchev–Trinajstić information content (AvgIpc) is 4.31. The molecule has 1 saturated heterocycles. The lowest BCUT2D eigenvalue weighted by Crippen LogP contribution is -2.74. The molecular formula is C63H45N7OS. The summed E-state index contributed by atoms with van der Waals surface area (Å²) in [7, 11) is 0. The van der Waals surface area contributed by atoms with Gasteiger partial charge >= 0.3 is 0 Å². The number of morpholine rings is 1. The highest BCUT2D eigenvalue weighted by Gasteiger charge is 2.76. The minimum atomic E-state index is -1.48. The van der Waals surface area contributed by atoms with Crippen molar-refractivity contribution in [1.29, 1.82) is 0 Å². The van der Waals surface area contributed by atoms with Crippen LogP contribution < -0.4 is 4.90 Å². The summed E-state index contributed by atoms with van der Waals surface area (Å²) in [5, 5.41) is 14.5. The van der Waals surface area contributed by atoms with Crippen LogP contribution in [-0.4, -0.2) is 29.9 Å². The number of nitrogens with one attached hydrogen (secondary N) is 3. The monoisotopic (exact) mass is 947 g/mol. The molecular weight excluding hydrogens is 903 g/mol. The molecule has 0 saturated carbocycles. The molecule has 8 nitrogen and oxygen atoms in total. The summed E-state index contributed by atoms with van der Waals surface area (Å²) in [6.07, 6.45) is 12.3. The Balaban J connectivity index is 1.22. The predicted molar refractivity (Wildman–Crippen MR) is 289 cm³/mol. The summed E-state index contributed by atoms with van der Waals surface area (Å²) in [5.41, 5.74) is 2.16. The van der Waals surface area contributed by atoms with E-state index in [1.807, 2.05) is 43.2 Å². The smallest absolute Gasteiger partial charge is 0.193 e. The predicted octanol–water partition coefficient (Wildman–Crippen LogP) is 14.4. The fourth-order valence-electron chi connectivity index (χ4n) is 13.2. The van der Waals surface area contributed by atoms with Gasteiger partial charge in [0.25, 0.3) is 0 Å². The van der Waals surface area contributed by atoms with E-state index in [-0.39, 0.29) is 5.92 Å². The Labute approximate surface area is 418 Å². The maximum atomic E-state index is 9.30. The van der Waals surface area contributed by atoms with Crippen LogP contribution in [-0.2, 0) is 27.9 Å². The number of aromatic amines is 3. The SMILES string of the molecule is c1ccc(N2C(c3cccc4cc5ccccc5cc34)C(c3cccc4c3ccc3ccccc34)(C3Cc4cccc5cccc3c45)OC(c3ccc[nH]3)(c3ccc[nH]3)C2(c2ncc[nH]2)c2nccs2)nc1. The molecule has 8 aromatic carbocycles. The van der Waals surface area contributed by atoms with Gasteiger partial charge in [-0.25, -0.2) is 15.0 Å². The van der Waals surface area contributed by atoms with Gasteiger partial charge in [-0.2, -0.15) is 0 Å². The third-order valence-corrected chi connectivity index (χ3v) is 16.8. The molecule has 1 aliphatic heterocycles. The topological polar surface area (TPSA) is 98.5 Å². The molecule has 2 aliphatic rings. The third kappa shape index (κ3) is 5.52. The van der Waals surface area contributed by atoms with Gasteiger partial charge in [-0.05, 0) is 131 Å². The second-order valence-electron chi connectivity index (χ2n) is 19.3. The van der Waals surface area contributed by atoms with E-state index in [0.29, 0.717) is 12.2 Å². The molecule has 15 rings (SSSR count). The number of aromatic nitrogens is 6. The number of benzene rings is 8. The Morgan fingerprint density at radius 3 is 1.99 bits per heavy atom. The van der Waals surface area contributed by atoms with Gasteiger partial charge < -0.3 is 24.6 Å². The first-order chi connectivity index (χ1) is 35.7. The average molecular weight is 948 g/mol. The van der Waals surface area contributed by atoms with E-state index in [1.54, 1.807) is 11.3 Å². The van der Waals surface area contributed by atoms with Gasteiger partial charge in [0, 0.05) is 48.5 Å². The molecule has 0 spiro atoms. The minimum Gasteiger partial charge on any atom is -0.362 e. The van der Waals surface area contributed by atoms with Crippen LogP contribution in [0.2, 0.25) is 0 Å². The largest absolute Gasteiger partial charge is 0.362 e. The van der Waals surface area contributed by atoms with Crippen molar-refractivity contribution in [2.45, 2.75) is 35.1 Å². The Kier molecular flexibility index (Phi) is 8.97. The van der Waals surface area contributed by atoms with Crippen molar-refractivity contribution >= 4 is 71.0 Å². The highest BCUT2D eigenvalue weighted by molar-refractivity contribution is 7.09. The second-order valence-corrected chi connectivity index (χ2v) is 20.2. The van der Waals surface area contributed by atoms with Crippen LogP contribution in [0, 0.1) is 0 Å². The van der Waals surface area contributed by atoms with Gasteiger partial charge in [0.15, 0.2) is 11.1 Å². The first kappa shape index (κ1) is 41.2. The lowest BCUT2D eigenvalue weighted by atomic mass is 9.61. The van der Waals surface area contributed by atoms with E-state index >= 15 is 0 Å². The van der Waals surface area contributed by atoms with Crippen molar-refractivity contribution in [3.05, 3.63) is 275 Å².